The number of amides is 1. The van der Waals surface area contributed by atoms with Crippen LogP contribution < -0.4 is 10.6 Å². The second kappa shape index (κ2) is 5.67. The third kappa shape index (κ3) is 4.99. The molecular weight excluding hydrogens is 242 g/mol. The zero-order chi connectivity index (χ0) is 13.9. The zero-order valence-electron chi connectivity index (χ0n) is 12.4. The van der Waals surface area contributed by atoms with Crippen LogP contribution in [0.1, 0.15) is 40.0 Å². The molecule has 0 aromatic carbocycles. The molecule has 19 heavy (non-hydrogen) atoms. The number of alkyl carbamates (subject to hydrolysis) is 1. The van der Waals surface area contributed by atoms with Crippen LogP contribution in [0.3, 0.4) is 0 Å². The summed E-state index contributed by atoms with van der Waals surface area (Å²) in [5.74, 6) is 0. The van der Waals surface area contributed by atoms with E-state index in [0.29, 0.717) is 0 Å². The van der Waals surface area contributed by atoms with Crippen molar-refractivity contribution in [3.63, 3.8) is 0 Å². The Morgan fingerprint density at radius 3 is 2.47 bits per heavy atom. The first kappa shape index (κ1) is 14.6. The maximum Gasteiger partial charge on any atom is 0.408 e. The van der Waals surface area contributed by atoms with E-state index in [2.05, 4.69) is 15.5 Å². The molecule has 2 fully saturated rings. The Kier molecular flexibility index (Phi) is 4.36. The Bertz CT molecular complexity index is 315. The van der Waals surface area contributed by atoms with Crippen LogP contribution in [0.4, 0.5) is 4.79 Å². The number of nitrogens with one attached hydrogen (secondary N) is 2. The van der Waals surface area contributed by atoms with Crippen LogP contribution in [-0.2, 0) is 4.74 Å². The van der Waals surface area contributed by atoms with Crippen LogP contribution in [-0.4, -0.2) is 54.9 Å². The second-order valence-corrected chi connectivity index (χ2v) is 6.75. The lowest BCUT2D eigenvalue weighted by Crippen LogP contribution is -2.46. The summed E-state index contributed by atoms with van der Waals surface area (Å²) in [5, 5.41) is 6.41. The molecule has 0 aromatic rings. The number of carbonyl (C=O) groups is 1. The van der Waals surface area contributed by atoms with Gasteiger partial charge in [-0.2, -0.15) is 0 Å². The summed E-state index contributed by atoms with van der Waals surface area (Å²) in [6.07, 6.45) is 2.92. The summed E-state index contributed by atoms with van der Waals surface area (Å²) in [6.45, 7) is 11.1. The molecule has 0 unspecified atom stereocenters. The third-order valence-corrected chi connectivity index (χ3v) is 3.74. The minimum atomic E-state index is -0.418. The molecule has 1 saturated heterocycles. The van der Waals surface area contributed by atoms with Gasteiger partial charge in [0.1, 0.15) is 5.60 Å². The summed E-state index contributed by atoms with van der Waals surface area (Å²) in [7, 11) is 0. The van der Waals surface area contributed by atoms with Crippen LogP contribution in [0.5, 0.6) is 0 Å². The predicted molar refractivity (Wildman–Crippen MR) is 75.3 cm³/mol. The fraction of sp³-hybridized carbons (Fsp3) is 0.929. The van der Waals surface area contributed by atoms with Crippen LogP contribution in [0.25, 0.3) is 0 Å². The molecular formula is C14H27N3O2. The van der Waals surface area contributed by atoms with Gasteiger partial charge in [0, 0.05) is 38.3 Å². The molecule has 0 bridgehead atoms. The van der Waals surface area contributed by atoms with Crippen molar-refractivity contribution in [2.75, 3.05) is 32.7 Å². The smallest absolute Gasteiger partial charge is 0.408 e. The van der Waals surface area contributed by atoms with Crippen LogP contribution >= 0.6 is 0 Å². The average molecular weight is 269 g/mol. The van der Waals surface area contributed by atoms with E-state index in [4.69, 9.17) is 4.74 Å². The minimum absolute atomic E-state index is 0.00715. The Labute approximate surface area is 116 Å². The monoisotopic (exact) mass is 269 g/mol. The van der Waals surface area contributed by atoms with Crippen molar-refractivity contribution in [3.05, 3.63) is 0 Å². The van der Waals surface area contributed by atoms with E-state index in [1.54, 1.807) is 0 Å². The molecule has 0 spiro atoms. The number of piperazine rings is 1. The van der Waals surface area contributed by atoms with Crippen molar-refractivity contribution >= 4 is 6.09 Å². The minimum Gasteiger partial charge on any atom is -0.444 e. The van der Waals surface area contributed by atoms with Crippen molar-refractivity contribution in [3.8, 4) is 0 Å². The first-order valence-electron chi connectivity index (χ1n) is 7.33. The summed E-state index contributed by atoms with van der Waals surface area (Å²) >= 11 is 0. The highest BCUT2D eigenvalue weighted by Gasteiger charge is 2.44. The van der Waals surface area contributed by atoms with E-state index in [1.807, 2.05) is 20.8 Å². The third-order valence-electron chi connectivity index (χ3n) is 3.74. The molecule has 0 atom stereocenters. The highest BCUT2D eigenvalue weighted by atomic mass is 16.6. The second-order valence-electron chi connectivity index (χ2n) is 6.75. The topological polar surface area (TPSA) is 53.6 Å². The summed E-state index contributed by atoms with van der Waals surface area (Å²) in [4.78, 5) is 14.3. The van der Waals surface area contributed by atoms with Crippen LogP contribution in [0.2, 0.25) is 0 Å². The van der Waals surface area contributed by atoms with Gasteiger partial charge in [-0.25, -0.2) is 4.79 Å². The molecule has 2 rings (SSSR count). The highest BCUT2D eigenvalue weighted by Crippen LogP contribution is 2.39. The van der Waals surface area contributed by atoms with Gasteiger partial charge in [-0.1, -0.05) is 0 Å². The number of hydrogen-bond acceptors (Lipinski definition) is 4. The SMILES string of the molecule is CC(C)(C)OC(=O)NC1(CCN2CCNCC2)CC1. The fourth-order valence-corrected chi connectivity index (χ4v) is 2.42. The van der Waals surface area contributed by atoms with E-state index in [9.17, 15) is 4.79 Å². The lowest BCUT2D eigenvalue weighted by molar-refractivity contribution is 0.0489. The van der Waals surface area contributed by atoms with Gasteiger partial charge in [0.25, 0.3) is 0 Å². The first-order valence-corrected chi connectivity index (χ1v) is 7.33. The molecule has 1 aliphatic heterocycles. The quantitative estimate of drug-likeness (QED) is 0.808. The standard InChI is InChI=1S/C14H27N3O2/c1-13(2,3)19-12(18)16-14(4-5-14)6-9-17-10-7-15-8-11-17/h15H,4-11H2,1-3H3,(H,16,18). The van der Waals surface area contributed by atoms with Crippen LogP contribution in [0.15, 0.2) is 0 Å². The van der Waals surface area contributed by atoms with Gasteiger partial charge in [0.2, 0.25) is 0 Å². The zero-order valence-corrected chi connectivity index (χ0v) is 12.4. The van der Waals surface area contributed by atoms with Gasteiger partial charge in [-0.05, 0) is 40.0 Å². The molecule has 5 heteroatoms. The van der Waals surface area contributed by atoms with Crippen molar-refractivity contribution in [1.29, 1.82) is 0 Å². The fourth-order valence-electron chi connectivity index (χ4n) is 2.42. The van der Waals surface area contributed by atoms with E-state index in [0.717, 1.165) is 52.0 Å². The lowest BCUT2D eigenvalue weighted by Gasteiger charge is -2.29. The van der Waals surface area contributed by atoms with Crippen molar-refractivity contribution in [2.24, 2.45) is 0 Å². The number of nitrogens with zero attached hydrogens (tertiary/aromatic N) is 1. The first-order chi connectivity index (χ1) is 8.89. The number of rotatable bonds is 4. The molecule has 0 aromatic heterocycles. The van der Waals surface area contributed by atoms with Gasteiger partial charge in [0.15, 0.2) is 0 Å². The molecule has 5 nitrogen and oxygen atoms in total. The molecule has 2 aliphatic rings. The van der Waals surface area contributed by atoms with Crippen LogP contribution in [0, 0.1) is 0 Å². The maximum atomic E-state index is 11.8. The van der Waals surface area contributed by atoms with Gasteiger partial charge in [-0.15, -0.1) is 0 Å². The molecule has 1 heterocycles. The van der Waals surface area contributed by atoms with E-state index in [1.165, 1.54) is 0 Å². The summed E-state index contributed by atoms with van der Waals surface area (Å²) in [6, 6.07) is 0. The van der Waals surface area contributed by atoms with E-state index < -0.39 is 5.60 Å². The largest absolute Gasteiger partial charge is 0.444 e. The number of carbonyl (C=O) groups excluding carboxylic acids is 1. The number of hydrogen-bond donors (Lipinski definition) is 2. The van der Waals surface area contributed by atoms with Crippen molar-refractivity contribution in [1.82, 2.24) is 15.5 Å². The van der Waals surface area contributed by atoms with Gasteiger partial charge in [-0.3, -0.25) is 0 Å². The molecule has 1 amide bonds. The Hall–Kier alpha value is -0.810. The summed E-state index contributed by atoms with van der Waals surface area (Å²) < 4.78 is 5.33. The number of ether oxygens (including phenoxy) is 1. The average Bonchev–Trinajstić information content (AvgIpc) is 3.05. The molecule has 110 valence electrons. The van der Waals surface area contributed by atoms with Crippen molar-refractivity contribution < 1.29 is 9.53 Å². The Morgan fingerprint density at radius 1 is 1.32 bits per heavy atom. The van der Waals surface area contributed by atoms with E-state index in [-0.39, 0.29) is 11.6 Å². The van der Waals surface area contributed by atoms with E-state index >= 15 is 0 Å². The molecule has 1 saturated carbocycles. The molecule has 1 aliphatic carbocycles. The highest BCUT2D eigenvalue weighted by molar-refractivity contribution is 5.69. The van der Waals surface area contributed by atoms with Crippen molar-refractivity contribution in [2.45, 2.75) is 51.2 Å². The van der Waals surface area contributed by atoms with Gasteiger partial charge >= 0.3 is 6.09 Å². The Morgan fingerprint density at radius 2 is 1.95 bits per heavy atom. The van der Waals surface area contributed by atoms with Gasteiger partial charge in [0.05, 0.1) is 0 Å². The summed E-state index contributed by atoms with van der Waals surface area (Å²) in [5.41, 5.74) is -0.411. The lowest BCUT2D eigenvalue weighted by atomic mass is 10.1. The molecule has 2 N–H and O–H groups in total. The predicted octanol–water partition coefficient (Wildman–Crippen LogP) is 1.34. The molecule has 0 radical (unpaired) electrons. The maximum absolute atomic E-state index is 11.8. The normalized spacial score (nSPS) is 22.9. The Balaban J connectivity index is 1.71. The van der Waals surface area contributed by atoms with Gasteiger partial charge < -0.3 is 20.3 Å².